The molecule has 0 bridgehead atoms. The highest BCUT2D eigenvalue weighted by atomic mass is 16.3. The fourth-order valence-corrected chi connectivity index (χ4v) is 7.40. The summed E-state index contributed by atoms with van der Waals surface area (Å²) in [6.45, 7) is 5.82. The first-order chi connectivity index (χ1) is 18.9. The van der Waals surface area contributed by atoms with Gasteiger partial charge in [-0.25, -0.2) is 5.01 Å². The quantitative estimate of drug-likeness (QED) is 0.330. The molecule has 39 heavy (non-hydrogen) atoms. The van der Waals surface area contributed by atoms with Gasteiger partial charge in [0.25, 0.3) is 0 Å². The van der Waals surface area contributed by atoms with Crippen LogP contribution in [-0.2, 0) is 0 Å². The number of aliphatic hydroxyl groups is 3. The molecule has 2 atom stereocenters. The number of nitrogens with zero attached hydrogens (tertiary/aromatic N) is 3. The Hall–Kier alpha value is -1.45. The number of carbonyl (C=O) groups excluding carboxylic acids is 1. The van der Waals surface area contributed by atoms with Crippen molar-refractivity contribution in [3.05, 3.63) is 24.2 Å². The largest absolute Gasteiger partial charge is 0.459 e. The molecule has 2 aliphatic heterocycles. The third-order valence-corrected chi connectivity index (χ3v) is 10.1. The molecule has 4 rings (SSSR count). The fraction of sp³-hybridized carbons (Fsp3) is 0.839. The zero-order valence-corrected chi connectivity index (χ0v) is 24.2. The second-order valence-corrected chi connectivity index (χ2v) is 12.9. The zero-order valence-electron chi connectivity index (χ0n) is 24.2. The summed E-state index contributed by atoms with van der Waals surface area (Å²) in [6, 6.07) is 3.58. The maximum Gasteiger partial charge on any atom is 0.305 e. The van der Waals surface area contributed by atoms with E-state index < -0.39 is 5.41 Å². The van der Waals surface area contributed by atoms with Gasteiger partial charge in [0.2, 0.25) is 0 Å². The van der Waals surface area contributed by atoms with Crippen LogP contribution in [0.25, 0.3) is 0 Å². The molecular weight excluding hydrogens is 494 g/mol. The standard InChI is InChI=1S/C31H53N3O5/c1-26-9-7-19-33(23-26)34(29(38)27-10-8-22-39-27)28-11-3-6-18-32(28)20-16-30(12-4-2-5-13-30)14-15-31(24-36,25-37)17-21-35/h8,10,22,26,28,35-37H,2-7,9,11-21,23-25H2,1H3. The lowest BCUT2D eigenvalue weighted by molar-refractivity contribution is -0.114. The third-order valence-electron chi connectivity index (χ3n) is 10.1. The van der Waals surface area contributed by atoms with Gasteiger partial charge in [-0.2, -0.15) is 0 Å². The summed E-state index contributed by atoms with van der Waals surface area (Å²) in [7, 11) is 0. The van der Waals surface area contributed by atoms with Crippen LogP contribution < -0.4 is 0 Å². The van der Waals surface area contributed by atoms with Crippen molar-refractivity contribution in [1.82, 2.24) is 14.9 Å². The number of piperidine rings is 2. The van der Waals surface area contributed by atoms with E-state index in [9.17, 15) is 20.1 Å². The van der Waals surface area contributed by atoms with Crippen molar-refractivity contribution in [1.29, 1.82) is 0 Å². The molecule has 0 radical (unpaired) electrons. The van der Waals surface area contributed by atoms with Crippen LogP contribution in [0.15, 0.2) is 22.8 Å². The van der Waals surface area contributed by atoms with Crippen LogP contribution in [0.5, 0.6) is 0 Å². The molecule has 0 spiro atoms. The Morgan fingerprint density at radius 3 is 2.49 bits per heavy atom. The maximum absolute atomic E-state index is 13.9. The van der Waals surface area contributed by atoms with Gasteiger partial charge in [-0.3, -0.25) is 14.7 Å². The molecule has 1 aromatic heterocycles. The van der Waals surface area contributed by atoms with Gasteiger partial charge in [0.15, 0.2) is 5.76 Å². The van der Waals surface area contributed by atoms with Crippen LogP contribution in [0.2, 0.25) is 0 Å². The third kappa shape index (κ3) is 7.64. The second kappa shape index (κ2) is 14.4. The van der Waals surface area contributed by atoms with Gasteiger partial charge in [0, 0.05) is 38.2 Å². The molecule has 1 amide bonds. The smallest absolute Gasteiger partial charge is 0.305 e. The van der Waals surface area contributed by atoms with E-state index in [0.29, 0.717) is 18.1 Å². The lowest BCUT2D eigenvalue weighted by Gasteiger charge is -2.49. The van der Waals surface area contributed by atoms with Crippen LogP contribution >= 0.6 is 0 Å². The van der Waals surface area contributed by atoms with Crippen molar-refractivity contribution in [3.8, 4) is 0 Å². The highest BCUT2D eigenvalue weighted by Crippen LogP contribution is 2.46. The number of hydrogen-bond donors (Lipinski definition) is 3. The number of aliphatic hydroxyl groups excluding tert-OH is 3. The van der Waals surface area contributed by atoms with Crippen LogP contribution in [-0.4, -0.2) is 88.3 Å². The predicted octanol–water partition coefficient (Wildman–Crippen LogP) is 4.65. The summed E-state index contributed by atoms with van der Waals surface area (Å²) in [6.07, 6.45) is 16.4. The summed E-state index contributed by atoms with van der Waals surface area (Å²) in [4.78, 5) is 16.4. The van der Waals surface area contributed by atoms with Gasteiger partial charge >= 0.3 is 5.91 Å². The number of likely N-dealkylation sites (tertiary alicyclic amines) is 1. The Bertz CT molecular complexity index is 852. The highest BCUT2D eigenvalue weighted by Gasteiger charge is 2.40. The summed E-state index contributed by atoms with van der Waals surface area (Å²) < 4.78 is 5.60. The fourth-order valence-electron chi connectivity index (χ4n) is 7.40. The molecule has 2 saturated heterocycles. The molecule has 1 aliphatic carbocycles. The van der Waals surface area contributed by atoms with E-state index in [2.05, 4.69) is 16.8 Å². The minimum absolute atomic E-state index is 0.0156. The molecule has 0 aromatic carbocycles. The SMILES string of the molecule is CC1CCCN(N(C(=O)c2ccco2)C2CCCCN2CCC2(CCC(CO)(CO)CCO)CCCCC2)C1. The van der Waals surface area contributed by atoms with Crippen molar-refractivity contribution in [3.63, 3.8) is 0 Å². The van der Waals surface area contributed by atoms with Crippen molar-refractivity contribution in [2.75, 3.05) is 46.0 Å². The van der Waals surface area contributed by atoms with E-state index in [0.717, 1.165) is 71.1 Å². The van der Waals surface area contributed by atoms with Crippen molar-refractivity contribution >= 4 is 5.91 Å². The van der Waals surface area contributed by atoms with Crippen molar-refractivity contribution in [2.24, 2.45) is 16.7 Å². The minimum Gasteiger partial charge on any atom is -0.459 e. The molecule has 1 saturated carbocycles. The molecule has 1 aromatic rings. The average Bonchev–Trinajstić information content (AvgIpc) is 3.51. The first-order valence-electron chi connectivity index (χ1n) is 15.6. The predicted molar refractivity (Wildman–Crippen MR) is 152 cm³/mol. The topological polar surface area (TPSA) is 101 Å². The van der Waals surface area contributed by atoms with Gasteiger partial charge in [-0.15, -0.1) is 0 Å². The Kier molecular flexibility index (Phi) is 11.3. The van der Waals surface area contributed by atoms with Gasteiger partial charge in [-0.1, -0.05) is 26.2 Å². The van der Waals surface area contributed by atoms with Gasteiger partial charge in [0.05, 0.1) is 19.5 Å². The Morgan fingerprint density at radius 1 is 1.03 bits per heavy atom. The molecule has 8 nitrogen and oxygen atoms in total. The first kappa shape index (κ1) is 30.5. The van der Waals surface area contributed by atoms with Gasteiger partial charge < -0.3 is 19.7 Å². The van der Waals surface area contributed by atoms with Crippen molar-refractivity contribution in [2.45, 2.75) is 103 Å². The average molecular weight is 548 g/mol. The van der Waals surface area contributed by atoms with E-state index in [1.807, 2.05) is 5.01 Å². The van der Waals surface area contributed by atoms with Crippen LogP contribution in [0, 0.1) is 16.7 Å². The second-order valence-electron chi connectivity index (χ2n) is 12.9. The molecule has 3 fully saturated rings. The van der Waals surface area contributed by atoms with Gasteiger partial charge in [0.1, 0.15) is 6.17 Å². The minimum atomic E-state index is -0.607. The van der Waals surface area contributed by atoms with Crippen LogP contribution in [0.4, 0.5) is 0 Å². The molecular formula is C31H53N3O5. The first-order valence-corrected chi connectivity index (χ1v) is 15.6. The van der Waals surface area contributed by atoms with Crippen LogP contribution in [0.1, 0.15) is 107 Å². The van der Waals surface area contributed by atoms with E-state index in [4.69, 9.17) is 4.42 Å². The Morgan fingerprint density at radius 2 is 1.82 bits per heavy atom. The lowest BCUT2D eigenvalue weighted by Crippen LogP contribution is -2.61. The van der Waals surface area contributed by atoms with E-state index in [1.54, 1.807) is 18.4 Å². The normalized spacial score (nSPS) is 25.0. The number of hydrogen-bond acceptors (Lipinski definition) is 7. The number of carbonyl (C=O) groups is 1. The zero-order chi connectivity index (χ0) is 27.7. The maximum atomic E-state index is 13.9. The number of hydrazine groups is 1. The number of furan rings is 1. The highest BCUT2D eigenvalue weighted by molar-refractivity contribution is 5.91. The molecule has 8 heteroatoms. The van der Waals surface area contributed by atoms with Crippen LogP contribution in [0.3, 0.4) is 0 Å². The van der Waals surface area contributed by atoms with Crippen molar-refractivity contribution < 1.29 is 24.5 Å². The summed E-state index contributed by atoms with van der Waals surface area (Å²) in [5.74, 6) is 0.944. The summed E-state index contributed by atoms with van der Waals surface area (Å²) in [5.41, 5.74) is -0.426. The van der Waals surface area contributed by atoms with E-state index in [1.165, 1.54) is 38.5 Å². The lowest BCUT2D eigenvalue weighted by atomic mass is 9.66. The van der Waals surface area contributed by atoms with E-state index >= 15 is 0 Å². The molecule has 2 unspecified atom stereocenters. The molecule has 222 valence electrons. The van der Waals surface area contributed by atoms with Gasteiger partial charge in [-0.05, 0) is 94.1 Å². The monoisotopic (exact) mass is 547 g/mol. The molecule has 3 N–H and O–H groups in total. The van der Waals surface area contributed by atoms with E-state index in [-0.39, 0.29) is 37.3 Å². The molecule has 3 heterocycles. The summed E-state index contributed by atoms with van der Waals surface area (Å²) >= 11 is 0. The Balaban J connectivity index is 1.51. The Labute approximate surface area is 235 Å². The summed E-state index contributed by atoms with van der Waals surface area (Å²) in [5, 5.41) is 34.1. The molecule has 3 aliphatic rings. The number of rotatable bonds is 13. The number of amides is 1.